The molecule has 0 aliphatic carbocycles. The van der Waals surface area contributed by atoms with Crippen LogP contribution in [0.5, 0.6) is 0 Å². The van der Waals surface area contributed by atoms with Gasteiger partial charge in [-0.2, -0.15) is 0 Å². The van der Waals surface area contributed by atoms with Crippen molar-refractivity contribution in [3.8, 4) is 0 Å². The third kappa shape index (κ3) is 4.88. The summed E-state index contributed by atoms with van der Waals surface area (Å²) < 4.78 is 4.95. The van der Waals surface area contributed by atoms with Gasteiger partial charge in [-0.3, -0.25) is 4.79 Å². The first-order valence-corrected chi connectivity index (χ1v) is 8.10. The van der Waals surface area contributed by atoms with Crippen molar-refractivity contribution in [1.29, 1.82) is 0 Å². The molecule has 1 aromatic carbocycles. The average molecular weight is 357 g/mol. The Morgan fingerprint density at radius 3 is 2.43 bits per heavy atom. The van der Waals surface area contributed by atoms with Crippen LogP contribution in [0.25, 0.3) is 6.08 Å². The Bertz CT molecular complexity index is 611. The molecule has 23 heavy (non-hydrogen) atoms. The lowest BCUT2D eigenvalue weighted by molar-refractivity contribution is -0.127. The molecule has 1 aliphatic heterocycles. The number of amides is 2. The summed E-state index contributed by atoms with van der Waals surface area (Å²) in [4.78, 5) is 27.1. The second-order valence-electron chi connectivity index (χ2n) is 5.01. The van der Waals surface area contributed by atoms with E-state index in [1.54, 1.807) is 41.0 Å². The Kier molecular flexibility index (Phi) is 6.30. The van der Waals surface area contributed by atoms with Crippen molar-refractivity contribution >= 4 is 41.3 Å². The maximum absolute atomic E-state index is 12.2. The molecule has 0 saturated carbocycles. The number of carbonyl (C=O) groups is 2. The number of hydrogen-bond acceptors (Lipinski definition) is 3. The Morgan fingerprint density at radius 2 is 1.83 bits per heavy atom. The molecule has 0 aromatic heterocycles. The van der Waals surface area contributed by atoms with Gasteiger partial charge in [0.25, 0.3) is 0 Å². The fraction of sp³-hybridized carbons (Fsp3) is 0.375. The van der Waals surface area contributed by atoms with Crippen LogP contribution in [0.15, 0.2) is 24.3 Å². The number of halogens is 2. The van der Waals surface area contributed by atoms with Crippen molar-refractivity contribution in [2.24, 2.45) is 0 Å². The number of carbonyl (C=O) groups excluding carboxylic acids is 2. The normalized spacial score (nSPS) is 15.1. The first-order chi connectivity index (χ1) is 11.0. The molecule has 1 fully saturated rings. The molecule has 124 valence electrons. The number of nitrogens with zero attached hydrogens (tertiary/aromatic N) is 2. The first-order valence-electron chi connectivity index (χ1n) is 7.35. The summed E-state index contributed by atoms with van der Waals surface area (Å²) >= 11 is 11.9. The number of ether oxygens (including phenoxy) is 1. The predicted molar refractivity (Wildman–Crippen MR) is 90.7 cm³/mol. The van der Waals surface area contributed by atoms with Crippen LogP contribution in [-0.4, -0.2) is 54.6 Å². The quantitative estimate of drug-likeness (QED) is 0.780. The van der Waals surface area contributed by atoms with E-state index in [1.807, 2.05) is 0 Å². The highest BCUT2D eigenvalue weighted by molar-refractivity contribution is 6.35. The van der Waals surface area contributed by atoms with Crippen molar-refractivity contribution in [1.82, 2.24) is 9.80 Å². The van der Waals surface area contributed by atoms with Gasteiger partial charge in [0.1, 0.15) is 0 Å². The summed E-state index contributed by atoms with van der Waals surface area (Å²) in [6, 6.07) is 5.11. The molecule has 0 radical (unpaired) electrons. The highest BCUT2D eigenvalue weighted by Gasteiger charge is 2.23. The zero-order valence-electron chi connectivity index (χ0n) is 12.8. The van der Waals surface area contributed by atoms with E-state index in [4.69, 9.17) is 27.9 Å². The van der Waals surface area contributed by atoms with E-state index in [0.717, 1.165) is 5.56 Å². The largest absolute Gasteiger partial charge is 0.450 e. The molecule has 7 heteroatoms. The molecule has 0 bridgehead atoms. The van der Waals surface area contributed by atoms with E-state index in [1.165, 1.54) is 6.08 Å². The van der Waals surface area contributed by atoms with Gasteiger partial charge in [-0.25, -0.2) is 4.79 Å². The van der Waals surface area contributed by atoms with Gasteiger partial charge < -0.3 is 14.5 Å². The van der Waals surface area contributed by atoms with E-state index in [9.17, 15) is 9.59 Å². The molecule has 1 aliphatic rings. The fourth-order valence-corrected chi connectivity index (χ4v) is 2.70. The van der Waals surface area contributed by atoms with Crippen molar-refractivity contribution < 1.29 is 14.3 Å². The van der Waals surface area contributed by atoms with Gasteiger partial charge in [0.2, 0.25) is 5.91 Å². The number of piperazine rings is 1. The van der Waals surface area contributed by atoms with Crippen LogP contribution in [0, 0.1) is 0 Å². The number of hydrogen-bond donors (Lipinski definition) is 0. The summed E-state index contributed by atoms with van der Waals surface area (Å²) in [5.41, 5.74) is 0.731. The molecule has 0 unspecified atom stereocenters. The lowest BCUT2D eigenvalue weighted by atomic mass is 10.2. The second-order valence-corrected chi connectivity index (χ2v) is 5.85. The fourth-order valence-electron chi connectivity index (χ4n) is 2.23. The smallest absolute Gasteiger partial charge is 0.409 e. The Morgan fingerprint density at radius 1 is 1.17 bits per heavy atom. The Labute approximate surface area is 145 Å². The molecule has 1 heterocycles. The Hall–Kier alpha value is -1.72. The molecular formula is C16H18Cl2N2O3. The second kappa shape index (κ2) is 8.22. The van der Waals surface area contributed by atoms with Crippen LogP contribution >= 0.6 is 23.2 Å². The molecule has 1 aromatic rings. The minimum absolute atomic E-state index is 0.112. The number of rotatable bonds is 3. The van der Waals surface area contributed by atoms with Gasteiger partial charge in [0, 0.05) is 42.3 Å². The topological polar surface area (TPSA) is 49.9 Å². The number of benzene rings is 1. The van der Waals surface area contributed by atoms with Crippen LogP contribution < -0.4 is 0 Å². The third-order valence-corrected chi connectivity index (χ3v) is 4.05. The Balaban J connectivity index is 1.90. The van der Waals surface area contributed by atoms with Crippen molar-refractivity contribution in [2.45, 2.75) is 6.92 Å². The SMILES string of the molecule is CCOC(=O)N1CCN(C(=O)/C=C/c2ccc(Cl)cc2Cl)CC1. The maximum Gasteiger partial charge on any atom is 0.409 e. The van der Waals surface area contributed by atoms with Crippen LogP contribution in [0.3, 0.4) is 0 Å². The summed E-state index contributed by atoms with van der Waals surface area (Å²) in [6.45, 7) is 4.03. The highest BCUT2D eigenvalue weighted by Crippen LogP contribution is 2.22. The lowest BCUT2D eigenvalue weighted by Gasteiger charge is -2.33. The predicted octanol–water partition coefficient (Wildman–Crippen LogP) is 3.31. The van der Waals surface area contributed by atoms with Crippen molar-refractivity contribution in [3.63, 3.8) is 0 Å². The van der Waals surface area contributed by atoms with E-state index in [-0.39, 0.29) is 12.0 Å². The van der Waals surface area contributed by atoms with Crippen molar-refractivity contribution in [2.75, 3.05) is 32.8 Å². The van der Waals surface area contributed by atoms with Gasteiger partial charge in [0.05, 0.1) is 6.61 Å². The van der Waals surface area contributed by atoms with Gasteiger partial charge in [0.15, 0.2) is 0 Å². The lowest BCUT2D eigenvalue weighted by Crippen LogP contribution is -2.50. The van der Waals surface area contributed by atoms with E-state index in [0.29, 0.717) is 42.8 Å². The van der Waals surface area contributed by atoms with Crippen LogP contribution in [0.4, 0.5) is 4.79 Å². The van der Waals surface area contributed by atoms with Gasteiger partial charge >= 0.3 is 6.09 Å². The molecule has 0 spiro atoms. The summed E-state index contributed by atoms with van der Waals surface area (Å²) in [5, 5.41) is 1.04. The maximum atomic E-state index is 12.2. The zero-order valence-corrected chi connectivity index (χ0v) is 14.3. The molecule has 0 atom stereocenters. The van der Waals surface area contributed by atoms with Crippen LogP contribution in [0.2, 0.25) is 10.0 Å². The van der Waals surface area contributed by atoms with E-state index >= 15 is 0 Å². The molecule has 5 nitrogen and oxygen atoms in total. The monoisotopic (exact) mass is 356 g/mol. The van der Waals surface area contributed by atoms with E-state index < -0.39 is 0 Å². The highest BCUT2D eigenvalue weighted by atomic mass is 35.5. The van der Waals surface area contributed by atoms with Crippen molar-refractivity contribution in [3.05, 3.63) is 39.9 Å². The van der Waals surface area contributed by atoms with Crippen LogP contribution in [0.1, 0.15) is 12.5 Å². The zero-order chi connectivity index (χ0) is 16.8. The van der Waals surface area contributed by atoms with Gasteiger partial charge in [-0.15, -0.1) is 0 Å². The van der Waals surface area contributed by atoms with E-state index in [2.05, 4.69) is 0 Å². The summed E-state index contributed by atoms with van der Waals surface area (Å²) in [7, 11) is 0. The molecule has 2 rings (SSSR count). The standard InChI is InChI=1S/C16H18Cl2N2O3/c1-2-23-16(22)20-9-7-19(8-10-20)15(21)6-4-12-3-5-13(17)11-14(12)18/h3-6,11H,2,7-10H2,1H3/b6-4+. The molecular weight excluding hydrogens is 339 g/mol. The molecule has 1 saturated heterocycles. The molecule has 2 amide bonds. The summed E-state index contributed by atoms with van der Waals surface area (Å²) in [5.74, 6) is -0.112. The minimum Gasteiger partial charge on any atom is -0.450 e. The third-order valence-electron chi connectivity index (χ3n) is 3.49. The average Bonchev–Trinajstić information content (AvgIpc) is 2.54. The summed E-state index contributed by atoms with van der Waals surface area (Å²) in [6.07, 6.45) is 2.82. The van der Waals surface area contributed by atoms with Gasteiger partial charge in [-0.1, -0.05) is 29.3 Å². The molecule has 0 N–H and O–H groups in total. The first kappa shape index (κ1) is 17.6. The van der Waals surface area contributed by atoms with Crippen LogP contribution in [-0.2, 0) is 9.53 Å². The van der Waals surface area contributed by atoms with Gasteiger partial charge in [-0.05, 0) is 30.7 Å². The minimum atomic E-state index is -0.330.